The van der Waals surface area contributed by atoms with Crippen LogP contribution in [-0.4, -0.2) is 37.9 Å². The standard InChI is InChI=1S/C19H20O5/c1-2-22-17(13-23-18(20)15-9-5-3-6-10-15)14-24-19(21)16-11-7-4-8-12-16/h3-12,17H,2,13-14H2,1H3. The van der Waals surface area contributed by atoms with Gasteiger partial charge in [-0.1, -0.05) is 36.4 Å². The van der Waals surface area contributed by atoms with Crippen molar-refractivity contribution in [2.75, 3.05) is 19.8 Å². The van der Waals surface area contributed by atoms with E-state index in [4.69, 9.17) is 14.2 Å². The first-order valence-corrected chi connectivity index (χ1v) is 7.76. The molecule has 2 rings (SSSR count). The van der Waals surface area contributed by atoms with Gasteiger partial charge in [0, 0.05) is 6.61 Å². The molecule has 0 atom stereocenters. The number of ether oxygens (including phenoxy) is 3. The first-order valence-electron chi connectivity index (χ1n) is 7.76. The van der Waals surface area contributed by atoms with Gasteiger partial charge >= 0.3 is 11.9 Å². The molecule has 0 saturated carbocycles. The van der Waals surface area contributed by atoms with Crippen LogP contribution >= 0.6 is 0 Å². The average molecular weight is 328 g/mol. The molecule has 0 bridgehead atoms. The predicted octanol–water partition coefficient (Wildman–Crippen LogP) is 3.11. The van der Waals surface area contributed by atoms with Crippen LogP contribution in [0.4, 0.5) is 0 Å². The van der Waals surface area contributed by atoms with Crippen LogP contribution in [0.1, 0.15) is 27.6 Å². The molecule has 0 unspecified atom stereocenters. The van der Waals surface area contributed by atoms with Crippen LogP contribution in [0.25, 0.3) is 0 Å². The lowest BCUT2D eigenvalue weighted by Gasteiger charge is -2.17. The number of benzene rings is 2. The van der Waals surface area contributed by atoms with Crippen molar-refractivity contribution >= 4 is 11.9 Å². The number of carbonyl (C=O) groups is 2. The Morgan fingerprint density at radius 2 is 1.21 bits per heavy atom. The zero-order valence-electron chi connectivity index (χ0n) is 13.5. The lowest BCUT2D eigenvalue weighted by atomic mass is 10.2. The average Bonchev–Trinajstić information content (AvgIpc) is 2.65. The van der Waals surface area contributed by atoms with Gasteiger partial charge in [-0.05, 0) is 31.2 Å². The highest BCUT2D eigenvalue weighted by molar-refractivity contribution is 5.89. The van der Waals surface area contributed by atoms with Crippen LogP contribution in [0.3, 0.4) is 0 Å². The summed E-state index contributed by atoms with van der Waals surface area (Å²) in [6, 6.07) is 17.4. The van der Waals surface area contributed by atoms with E-state index >= 15 is 0 Å². The van der Waals surface area contributed by atoms with E-state index in [2.05, 4.69) is 0 Å². The maximum absolute atomic E-state index is 11.9. The van der Waals surface area contributed by atoms with Crippen molar-refractivity contribution in [2.24, 2.45) is 0 Å². The SMILES string of the molecule is CCOC(COC(=O)c1ccccc1)COC(=O)c1ccccc1. The minimum atomic E-state index is -0.504. The Balaban J connectivity index is 1.83. The van der Waals surface area contributed by atoms with Crippen molar-refractivity contribution in [1.82, 2.24) is 0 Å². The predicted molar refractivity (Wildman–Crippen MR) is 88.9 cm³/mol. The molecule has 0 saturated heterocycles. The molecule has 0 aliphatic heterocycles. The lowest BCUT2D eigenvalue weighted by molar-refractivity contribution is -0.0363. The van der Waals surface area contributed by atoms with Gasteiger partial charge in [0.25, 0.3) is 0 Å². The quantitative estimate of drug-likeness (QED) is 0.697. The van der Waals surface area contributed by atoms with Crippen molar-refractivity contribution < 1.29 is 23.8 Å². The van der Waals surface area contributed by atoms with Gasteiger partial charge in [0.15, 0.2) is 0 Å². The van der Waals surface area contributed by atoms with Crippen LogP contribution in [0.15, 0.2) is 60.7 Å². The summed E-state index contributed by atoms with van der Waals surface area (Å²) in [5.74, 6) is -0.871. The van der Waals surface area contributed by atoms with E-state index in [-0.39, 0.29) is 13.2 Å². The highest BCUT2D eigenvalue weighted by Gasteiger charge is 2.16. The Bertz CT molecular complexity index is 584. The lowest BCUT2D eigenvalue weighted by Crippen LogP contribution is -2.28. The van der Waals surface area contributed by atoms with E-state index in [9.17, 15) is 9.59 Å². The molecule has 0 heterocycles. The third kappa shape index (κ3) is 5.52. The summed E-state index contributed by atoms with van der Waals surface area (Å²) in [7, 11) is 0. The number of carbonyl (C=O) groups excluding carboxylic acids is 2. The van der Waals surface area contributed by atoms with E-state index in [0.717, 1.165) is 0 Å². The minimum Gasteiger partial charge on any atom is -0.459 e. The number of hydrogen-bond acceptors (Lipinski definition) is 5. The largest absolute Gasteiger partial charge is 0.459 e. The third-order valence-electron chi connectivity index (χ3n) is 3.22. The Morgan fingerprint density at radius 1 is 0.792 bits per heavy atom. The molecule has 5 nitrogen and oxygen atoms in total. The number of hydrogen-bond donors (Lipinski definition) is 0. The van der Waals surface area contributed by atoms with Gasteiger partial charge in [-0.15, -0.1) is 0 Å². The monoisotopic (exact) mass is 328 g/mol. The summed E-state index contributed by atoms with van der Waals surface area (Å²) in [4.78, 5) is 23.9. The van der Waals surface area contributed by atoms with E-state index in [1.54, 1.807) is 48.5 Å². The second kappa shape index (κ2) is 9.47. The molecular weight excluding hydrogens is 308 g/mol. The van der Waals surface area contributed by atoms with Gasteiger partial charge in [0.05, 0.1) is 11.1 Å². The molecule has 2 aromatic carbocycles. The van der Waals surface area contributed by atoms with Gasteiger partial charge in [-0.2, -0.15) is 0 Å². The van der Waals surface area contributed by atoms with Gasteiger partial charge < -0.3 is 14.2 Å². The topological polar surface area (TPSA) is 61.8 Å². The van der Waals surface area contributed by atoms with E-state index < -0.39 is 18.0 Å². The molecule has 0 aliphatic rings. The molecule has 0 spiro atoms. The molecular formula is C19H20O5. The first-order chi connectivity index (χ1) is 11.7. The summed E-state index contributed by atoms with van der Waals surface area (Å²) in [5, 5.41) is 0. The molecule has 0 N–H and O–H groups in total. The van der Waals surface area contributed by atoms with Crippen molar-refractivity contribution in [2.45, 2.75) is 13.0 Å². The normalized spacial score (nSPS) is 10.4. The molecule has 5 heteroatoms. The zero-order chi connectivity index (χ0) is 17.2. The smallest absolute Gasteiger partial charge is 0.338 e. The minimum absolute atomic E-state index is 0.0175. The van der Waals surface area contributed by atoms with Gasteiger partial charge in [-0.25, -0.2) is 9.59 Å². The second-order valence-corrected chi connectivity index (χ2v) is 5.01. The third-order valence-corrected chi connectivity index (χ3v) is 3.22. The summed E-state index contributed by atoms with van der Waals surface area (Å²) >= 11 is 0. The van der Waals surface area contributed by atoms with Crippen molar-refractivity contribution in [3.8, 4) is 0 Å². The highest BCUT2D eigenvalue weighted by Crippen LogP contribution is 2.05. The summed E-state index contributed by atoms with van der Waals surface area (Å²) < 4.78 is 15.9. The van der Waals surface area contributed by atoms with Crippen LogP contribution in [0, 0.1) is 0 Å². The molecule has 0 aliphatic carbocycles. The molecule has 0 fully saturated rings. The van der Waals surface area contributed by atoms with E-state index in [0.29, 0.717) is 17.7 Å². The summed E-state index contributed by atoms with van der Waals surface area (Å²) in [5.41, 5.74) is 0.933. The molecule has 126 valence electrons. The van der Waals surface area contributed by atoms with Crippen molar-refractivity contribution in [3.05, 3.63) is 71.8 Å². The van der Waals surface area contributed by atoms with Crippen LogP contribution in [0.5, 0.6) is 0 Å². The van der Waals surface area contributed by atoms with Crippen molar-refractivity contribution in [3.63, 3.8) is 0 Å². The zero-order valence-corrected chi connectivity index (χ0v) is 13.5. The fourth-order valence-electron chi connectivity index (χ4n) is 2.03. The van der Waals surface area contributed by atoms with Gasteiger partial charge in [0.1, 0.15) is 19.3 Å². The van der Waals surface area contributed by atoms with Crippen LogP contribution < -0.4 is 0 Å². The first kappa shape index (κ1) is 17.7. The summed E-state index contributed by atoms with van der Waals surface area (Å²) in [6.07, 6.45) is -0.504. The number of esters is 2. The second-order valence-electron chi connectivity index (χ2n) is 5.01. The van der Waals surface area contributed by atoms with Gasteiger partial charge in [-0.3, -0.25) is 0 Å². The van der Waals surface area contributed by atoms with Crippen LogP contribution in [0.2, 0.25) is 0 Å². The number of rotatable bonds is 8. The van der Waals surface area contributed by atoms with Crippen molar-refractivity contribution in [1.29, 1.82) is 0 Å². The molecule has 0 aromatic heterocycles. The maximum atomic E-state index is 11.9. The molecule has 24 heavy (non-hydrogen) atoms. The van der Waals surface area contributed by atoms with Gasteiger partial charge in [0.2, 0.25) is 0 Å². The summed E-state index contributed by atoms with van der Waals surface area (Å²) in [6.45, 7) is 2.29. The maximum Gasteiger partial charge on any atom is 0.338 e. The molecule has 2 aromatic rings. The van der Waals surface area contributed by atoms with E-state index in [1.165, 1.54) is 0 Å². The Kier molecular flexibility index (Phi) is 6.98. The molecule has 0 radical (unpaired) electrons. The Morgan fingerprint density at radius 3 is 1.58 bits per heavy atom. The fourth-order valence-corrected chi connectivity index (χ4v) is 2.03. The van der Waals surface area contributed by atoms with E-state index in [1.807, 2.05) is 19.1 Å². The van der Waals surface area contributed by atoms with Crippen LogP contribution in [-0.2, 0) is 14.2 Å². The fraction of sp³-hybridized carbons (Fsp3) is 0.263. The Labute approximate surface area is 141 Å². The molecule has 0 amide bonds. The highest BCUT2D eigenvalue weighted by atomic mass is 16.6. The Hall–Kier alpha value is -2.66.